The van der Waals surface area contributed by atoms with E-state index in [9.17, 15) is 10.2 Å². The van der Waals surface area contributed by atoms with Crippen LogP contribution in [0.3, 0.4) is 0 Å². The van der Waals surface area contributed by atoms with Crippen molar-refractivity contribution in [2.45, 2.75) is 18.6 Å². The first kappa shape index (κ1) is 11.3. The summed E-state index contributed by atoms with van der Waals surface area (Å²) in [6, 6.07) is 9.18. The molecule has 4 heteroatoms. The summed E-state index contributed by atoms with van der Waals surface area (Å²) in [5.41, 5.74) is 2.45. The molecule has 3 nitrogen and oxygen atoms in total. The van der Waals surface area contributed by atoms with Crippen LogP contribution in [0.15, 0.2) is 42.0 Å². The van der Waals surface area contributed by atoms with Crippen LogP contribution in [0.1, 0.15) is 16.5 Å². The van der Waals surface area contributed by atoms with E-state index in [4.69, 9.17) is 0 Å². The Kier molecular flexibility index (Phi) is 3.66. The molecule has 0 aliphatic rings. The van der Waals surface area contributed by atoms with Gasteiger partial charge < -0.3 is 10.2 Å². The predicted octanol–water partition coefficient (Wildman–Crippen LogP) is 1.78. The van der Waals surface area contributed by atoms with Crippen molar-refractivity contribution in [1.29, 1.82) is 0 Å². The lowest BCUT2D eigenvalue weighted by molar-refractivity contribution is 0.0194. The zero-order valence-corrected chi connectivity index (χ0v) is 9.47. The fourth-order valence-electron chi connectivity index (χ4n) is 1.53. The first-order chi connectivity index (χ1) is 7.77. The number of thiazole rings is 1. The van der Waals surface area contributed by atoms with Crippen molar-refractivity contribution in [3.63, 3.8) is 0 Å². The summed E-state index contributed by atoms with van der Waals surface area (Å²) in [6.45, 7) is 0. The van der Waals surface area contributed by atoms with Crippen LogP contribution in [0.2, 0.25) is 0 Å². The van der Waals surface area contributed by atoms with E-state index >= 15 is 0 Å². The van der Waals surface area contributed by atoms with Gasteiger partial charge in [-0.05, 0) is 5.56 Å². The van der Waals surface area contributed by atoms with Crippen molar-refractivity contribution in [1.82, 2.24) is 4.98 Å². The minimum absolute atomic E-state index is 0.431. The van der Waals surface area contributed by atoms with Crippen molar-refractivity contribution < 1.29 is 10.2 Å². The topological polar surface area (TPSA) is 53.4 Å². The summed E-state index contributed by atoms with van der Waals surface area (Å²) in [6.07, 6.45) is 0.512. The fourth-order valence-corrected chi connectivity index (χ4v) is 2.18. The fraction of sp³-hybridized carbons (Fsp3) is 0.250. The summed E-state index contributed by atoms with van der Waals surface area (Å²) in [7, 11) is 0. The number of aliphatic hydroxyl groups is 2. The second-order valence-corrected chi connectivity index (χ2v) is 4.57. The van der Waals surface area contributed by atoms with E-state index in [1.165, 1.54) is 11.3 Å². The molecule has 0 spiro atoms. The van der Waals surface area contributed by atoms with E-state index in [0.717, 1.165) is 10.4 Å². The molecule has 0 saturated carbocycles. The highest BCUT2D eigenvalue weighted by atomic mass is 32.1. The molecule has 0 saturated heterocycles. The highest BCUT2D eigenvalue weighted by Crippen LogP contribution is 2.20. The normalized spacial score (nSPS) is 14.6. The molecular weight excluding hydrogens is 222 g/mol. The predicted molar refractivity (Wildman–Crippen MR) is 63.2 cm³/mol. The summed E-state index contributed by atoms with van der Waals surface area (Å²) in [4.78, 5) is 4.91. The van der Waals surface area contributed by atoms with Gasteiger partial charge in [0.2, 0.25) is 0 Å². The lowest BCUT2D eigenvalue weighted by atomic mass is 10.0. The number of hydrogen-bond donors (Lipinski definition) is 2. The van der Waals surface area contributed by atoms with E-state index < -0.39 is 12.2 Å². The van der Waals surface area contributed by atoms with E-state index in [0.29, 0.717) is 6.42 Å². The molecule has 0 aliphatic carbocycles. The molecule has 2 aromatic rings. The van der Waals surface area contributed by atoms with Gasteiger partial charge in [-0.25, -0.2) is 0 Å². The first-order valence-corrected chi connectivity index (χ1v) is 5.94. The summed E-state index contributed by atoms with van der Waals surface area (Å²) in [5.74, 6) is 0. The molecule has 2 unspecified atom stereocenters. The zero-order chi connectivity index (χ0) is 11.4. The standard InChI is InChI=1S/C12H13NO2S/c14-11(6-10-7-13-8-16-10)12(15)9-4-2-1-3-5-9/h1-5,7-8,11-12,14-15H,6H2. The highest BCUT2D eigenvalue weighted by molar-refractivity contribution is 7.09. The minimum Gasteiger partial charge on any atom is -0.390 e. The largest absolute Gasteiger partial charge is 0.390 e. The molecule has 0 radical (unpaired) electrons. The lowest BCUT2D eigenvalue weighted by Crippen LogP contribution is -2.20. The van der Waals surface area contributed by atoms with E-state index in [1.807, 2.05) is 18.2 Å². The van der Waals surface area contributed by atoms with Gasteiger partial charge in [0.15, 0.2) is 0 Å². The molecule has 2 rings (SSSR count). The van der Waals surface area contributed by atoms with Gasteiger partial charge in [0.05, 0.1) is 11.6 Å². The van der Waals surface area contributed by atoms with Crippen molar-refractivity contribution in [3.05, 3.63) is 52.5 Å². The number of benzene rings is 1. The number of aliphatic hydroxyl groups excluding tert-OH is 2. The average Bonchev–Trinajstić information content (AvgIpc) is 2.82. The Bertz CT molecular complexity index is 416. The molecule has 2 atom stereocenters. The Morgan fingerprint density at radius 2 is 1.94 bits per heavy atom. The van der Waals surface area contributed by atoms with Crippen molar-refractivity contribution in [2.24, 2.45) is 0 Å². The Labute approximate surface area is 98.0 Å². The summed E-state index contributed by atoms with van der Waals surface area (Å²) >= 11 is 1.48. The van der Waals surface area contributed by atoms with Gasteiger partial charge >= 0.3 is 0 Å². The van der Waals surface area contributed by atoms with Crippen molar-refractivity contribution >= 4 is 11.3 Å². The van der Waals surface area contributed by atoms with E-state index in [2.05, 4.69) is 4.98 Å². The zero-order valence-electron chi connectivity index (χ0n) is 8.65. The summed E-state index contributed by atoms with van der Waals surface area (Å²) in [5, 5.41) is 19.8. The number of nitrogens with zero attached hydrogens (tertiary/aromatic N) is 1. The van der Waals surface area contributed by atoms with E-state index in [1.54, 1.807) is 23.8 Å². The minimum atomic E-state index is -0.844. The van der Waals surface area contributed by atoms with Gasteiger partial charge in [0.25, 0.3) is 0 Å². The first-order valence-electron chi connectivity index (χ1n) is 5.06. The van der Waals surface area contributed by atoms with Crippen LogP contribution < -0.4 is 0 Å². The van der Waals surface area contributed by atoms with Crippen LogP contribution in [0, 0.1) is 0 Å². The molecule has 0 amide bonds. The third-order valence-electron chi connectivity index (χ3n) is 2.40. The third-order valence-corrected chi connectivity index (χ3v) is 3.20. The van der Waals surface area contributed by atoms with Gasteiger partial charge in [-0.2, -0.15) is 0 Å². The van der Waals surface area contributed by atoms with Crippen molar-refractivity contribution in [3.8, 4) is 0 Å². The Morgan fingerprint density at radius 3 is 2.56 bits per heavy atom. The second kappa shape index (κ2) is 5.21. The van der Waals surface area contributed by atoms with Gasteiger partial charge in [-0.3, -0.25) is 4.98 Å². The Morgan fingerprint density at radius 1 is 1.19 bits per heavy atom. The Hall–Kier alpha value is -1.23. The molecule has 16 heavy (non-hydrogen) atoms. The molecule has 1 heterocycles. The molecule has 0 fully saturated rings. The molecule has 2 N–H and O–H groups in total. The molecule has 84 valence electrons. The van der Waals surface area contributed by atoms with Crippen LogP contribution in [0.4, 0.5) is 0 Å². The molecule has 0 bridgehead atoms. The van der Waals surface area contributed by atoms with Crippen molar-refractivity contribution in [2.75, 3.05) is 0 Å². The second-order valence-electron chi connectivity index (χ2n) is 3.59. The maximum Gasteiger partial charge on any atom is 0.105 e. The van der Waals surface area contributed by atoms with Gasteiger partial charge in [-0.15, -0.1) is 11.3 Å². The lowest BCUT2D eigenvalue weighted by Gasteiger charge is -2.17. The quantitative estimate of drug-likeness (QED) is 0.849. The van der Waals surface area contributed by atoms with Crippen LogP contribution >= 0.6 is 11.3 Å². The maximum atomic E-state index is 9.92. The maximum absolute atomic E-state index is 9.92. The third kappa shape index (κ3) is 2.66. The molecule has 1 aromatic carbocycles. The van der Waals surface area contributed by atoms with Crippen LogP contribution in [0.25, 0.3) is 0 Å². The number of hydrogen-bond acceptors (Lipinski definition) is 4. The monoisotopic (exact) mass is 235 g/mol. The van der Waals surface area contributed by atoms with Crippen LogP contribution in [-0.2, 0) is 6.42 Å². The Balaban J connectivity index is 2.02. The average molecular weight is 235 g/mol. The van der Waals surface area contributed by atoms with E-state index in [-0.39, 0.29) is 0 Å². The SMILES string of the molecule is OC(Cc1cncs1)C(O)c1ccccc1. The molecule has 0 aliphatic heterocycles. The van der Waals surface area contributed by atoms with Gasteiger partial charge in [0.1, 0.15) is 6.10 Å². The smallest absolute Gasteiger partial charge is 0.105 e. The number of aromatic nitrogens is 1. The van der Waals surface area contributed by atoms with Crippen LogP contribution in [-0.4, -0.2) is 21.3 Å². The van der Waals surface area contributed by atoms with Crippen LogP contribution in [0.5, 0.6) is 0 Å². The number of rotatable bonds is 4. The summed E-state index contributed by atoms with van der Waals surface area (Å²) < 4.78 is 0. The van der Waals surface area contributed by atoms with Gasteiger partial charge in [-0.1, -0.05) is 30.3 Å². The van der Waals surface area contributed by atoms with Gasteiger partial charge in [0, 0.05) is 17.5 Å². The molecule has 1 aromatic heterocycles. The highest BCUT2D eigenvalue weighted by Gasteiger charge is 2.18. The molecular formula is C12H13NO2S.